The van der Waals surface area contributed by atoms with Gasteiger partial charge in [-0.1, -0.05) is 6.92 Å². The zero-order valence-corrected chi connectivity index (χ0v) is 10.00. The predicted molar refractivity (Wildman–Crippen MR) is 61.0 cm³/mol. The molecule has 0 saturated carbocycles. The topological polar surface area (TPSA) is 29.5 Å². The van der Waals surface area contributed by atoms with Gasteiger partial charge in [0.1, 0.15) is 5.78 Å². The predicted octanol–water partition coefficient (Wildman–Crippen LogP) is 1.86. The molecule has 1 aliphatic rings. The van der Waals surface area contributed by atoms with E-state index < -0.39 is 0 Å². The zero-order valence-electron chi connectivity index (χ0n) is 10.00. The fourth-order valence-electron chi connectivity index (χ4n) is 2.02. The molecule has 15 heavy (non-hydrogen) atoms. The fraction of sp³-hybridized carbons (Fsp3) is 0.917. The first kappa shape index (κ1) is 12.7. The van der Waals surface area contributed by atoms with Crippen molar-refractivity contribution in [3.63, 3.8) is 0 Å². The van der Waals surface area contributed by atoms with E-state index in [4.69, 9.17) is 4.74 Å². The van der Waals surface area contributed by atoms with Crippen LogP contribution in [0.2, 0.25) is 0 Å². The van der Waals surface area contributed by atoms with Gasteiger partial charge in [0.15, 0.2) is 0 Å². The number of Topliss-reactive ketones (excluding diaryl/α,β-unsaturated/α-hetero) is 1. The Morgan fingerprint density at radius 3 is 2.87 bits per heavy atom. The molecular formula is C12H23NO2. The standard InChI is InChI=1S/C12H23NO2/c1-3-6-11(14)9-13(2)10-12-7-4-5-8-15-12/h12H,3-10H2,1-2H3. The molecule has 88 valence electrons. The molecule has 1 heterocycles. The van der Waals surface area contributed by atoms with Crippen LogP contribution in [0.25, 0.3) is 0 Å². The molecule has 1 rings (SSSR count). The number of hydrogen-bond acceptors (Lipinski definition) is 3. The van der Waals surface area contributed by atoms with Crippen LogP contribution >= 0.6 is 0 Å². The van der Waals surface area contributed by atoms with E-state index >= 15 is 0 Å². The van der Waals surface area contributed by atoms with Crippen molar-refractivity contribution in [2.45, 2.75) is 45.1 Å². The first-order chi connectivity index (χ1) is 7.22. The van der Waals surface area contributed by atoms with E-state index in [-0.39, 0.29) is 0 Å². The molecule has 3 heteroatoms. The Hall–Kier alpha value is -0.410. The third-order valence-electron chi connectivity index (χ3n) is 2.76. The molecule has 1 saturated heterocycles. The van der Waals surface area contributed by atoms with Gasteiger partial charge in [-0.3, -0.25) is 9.69 Å². The third-order valence-corrected chi connectivity index (χ3v) is 2.76. The molecule has 0 aromatic carbocycles. The van der Waals surface area contributed by atoms with Gasteiger partial charge in [0.2, 0.25) is 0 Å². The van der Waals surface area contributed by atoms with Crippen LogP contribution in [0, 0.1) is 0 Å². The molecule has 0 aliphatic carbocycles. The second-order valence-electron chi connectivity index (χ2n) is 4.47. The molecule has 1 fully saturated rings. The lowest BCUT2D eigenvalue weighted by Crippen LogP contribution is -2.36. The number of ketones is 1. The van der Waals surface area contributed by atoms with Gasteiger partial charge in [0, 0.05) is 19.6 Å². The Kier molecular flexibility index (Phi) is 5.88. The van der Waals surface area contributed by atoms with Gasteiger partial charge >= 0.3 is 0 Å². The van der Waals surface area contributed by atoms with Crippen molar-refractivity contribution < 1.29 is 9.53 Å². The van der Waals surface area contributed by atoms with Crippen LogP contribution in [0.1, 0.15) is 39.0 Å². The zero-order chi connectivity index (χ0) is 11.1. The Bertz CT molecular complexity index is 188. The maximum absolute atomic E-state index is 11.4. The molecule has 0 aromatic rings. The highest BCUT2D eigenvalue weighted by Gasteiger charge is 2.16. The molecule has 0 aromatic heterocycles. The lowest BCUT2D eigenvalue weighted by atomic mass is 10.1. The van der Waals surface area contributed by atoms with Crippen molar-refractivity contribution in [2.24, 2.45) is 0 Å². The lowest BCUT2D eigenvalue weighted by molar-refractivity contribution is -0.120. The largest absolute Gasteiger partial charge is 0.377 e. The smallest absolute Gasteiger partial charge is 0.146 e. The highest BCUT2D eigenvalue weighted by atomic mass is 16.5. The van der Waals surface area contributed by atoms with E-state index in [9.17, 15) is 4.79 Å². The number of hydrogen-bond donors (Lipinski definition) is 0. The van der Waals surface area contributed by atoms with Crippen LogP contribution < -0.4 is 0 Å². The van der Waals surface area contributed by atoms with E-state index in [2.05, 4.69) is 4.90 Å². The average Bonchev–Trinajstić information content (AvgIpc) is 2.19. The Morgan fingerprint density at radius 2 is 2.27 bits per heavy atom. The second-order valence-corrected chi connectivity index (χ2v) is 4.47. The lowest BCUT2D eigenvalue weighted by Gasteiger charge is -2.26. The number of ether oxygens (including phenoxy) is 1. The maximum atomic E-state index is 11.4. The van der Waals surface area contributed by atoms with Crippen molar-refractivity contribution >= 4 is 5.78 Å². The number of likely N-dealkylation sites (N-methyl/N-ethyl adjacent to an activating group) is 1. The molecule has 3 nitrogen and oxygen atoms in total. The van der Waals surface area contributed by atoms with E-state index in [1.54, 1.807) is 0 Å². The summed E-state index contributed by atoms with van der Waals surface area (Å²) in [6, 6.07) is 0. The van der Waals surface area contributed by atoms with E-state index in [0.717, 1.165) is 26.0 Å². The third kappa shape index (κ3) is 5.28. The Balaban J connectivity index is 2.16. The summed E-state index contributed by atoms with van der Waals surface area (Å²) in [7, 11) is 2.01. The summed E-state index contributed by atoms with van der Waals surface area (Å²) in [6.45, 7) is 4.41. The average molecular weight is 213 g/mol. The number of carbonyl (C=O) groups excluding carboxylic acids is 1. The van der Waals surface area contributed by atoms with Gasteiger partial charge < -0.3 is 4.74 Å². The summed E-state index contributed by atoms with van der Waals surface area (Å²) < 4.78 is 5.64. The van der Waals surface area contributed by atoms with Gasteiger partial charge in [0.05, 0.1) is 12.6 Å². The summed E-state index contributed by atoms with van der Waals surface area (Å²) in [5.41, 5.74) is 0. The van der Waals surface area contributed by atoms with Crippen LogP contribution in [-0.2, 0) is 9.53 Å². The minimum atomic E-state index is 0.343. The van der Waals surface area contributed by atoms with Gasteiger partial charge in [0.25, 0.3) is 0 Å². The summed E-state index contributed by atoms with van der Waals surface area (Å²) >= 11 is 0. The summed E-state index contributed by atoms with van der Waals surface area (Å²) in [5, 5.41) is 0. The fourth-order valence-corrected chi connectivity index (χ4v) is 2.02. The van der Waals surface area contributed by atoms with Crippen LogP contribution in [0.4, 0.5) is 0 Å². The first-order valence-electron chi connectivity index (χ1n) is 6.04. The highest BCUT2D eigenvalue weighted by molar-refractivity contribution is 5.80. The Morgan fingerprint density at radius 1 is 1.47 bits per heavy atom. The van der Waals surface area contributed by atoms with Crippen LogP contribution in [0.5, 0.6) is 0 Å². The molecule has 1 atom stereocenters. The van der Waals surface area contributed by atoms with Gasteiger partial charge in [-0.2, -0.15) is 0 Å². The maximum Gasteiger partial charge on any atom is 0.146 e. The quantitative estimate of drug-likeness (QED) is 0.674. The Labute approximate surface area is 92.8 Å². The molecule has 0 amide bonds. The SMILES string of the molecule is CCCC(=O)CN(C)CC1CCCCO1. The first-order valence-corrected chi connectivity index (χ1v) is 6.04. The van der Waals surface area contributed by atoms with Crippen LogP contribution in [0.15, 0.2) is 0 Å². The number of rotatable bonds is 6. The molecule has 0 spiro atoms. The normalized spacial score (nSPS) is 21.9. The van der Waals surface area contributed by atoms with Gasteiger partial charge in [-0.05, 0) is 32.7 Å². The highest BCUT2D eigenvalue weighted by Crippen LogP contribution is 2.13. The van der Waals surface area contributed by atoms with Crippen molar-refractivity contribution in [1.29, 1.82) is 0 Å². The minimum absolute atomic E-state index is 0.343. The van der Waals surface area contributed by atoms with Crippen LogP contribution in [0.3, 0.4) is 0 Å². The molecule has 1 aliphatic heterocycles. The molecule has 0 bridgehead atoms. The molecule has 0 N–H and O–H groups in total. The summed E-state index contributed by atoms with van der Waals surface area (Å²) in [5.74, 6) is 0.343. The van der Waals surface area contributed by atoms with Crippen molar-refractivity contribution in [2.75, 3.05) is 26.7 Å². The molecule has 1 unspecified atom stereocenters. The van der Waals surface area contributed by atoms with Crippen molar-refractivity contribution in [3.05, 3.63) is 0 Å². The van der Waals surface area contributed by atoms with Crippen molar-refractivity contribution in [3.8, 4) is 0 Å². The van der Waals surface area contributed by atoms with E-state index in [0.29, 0.717) is 24.9 Å². The number of carbonyl (C=O) groups is 1. The van der Waals surface area contributed by atoms with E-state index in [1.807, 2.05) is 14.0 Å². The monoisotopic (exact) mass is 213 g/mol. The minimum Gasteiger partial charge on any atom is -0.377 e. The van der Waals surface area contributed by atoms with Crippen molar-refractivity contribution in [1.82, 2.24) is 4.90 Å². The summed E-state index contributed by atoms with van der Waals surface area (Å²) in [6.07, 6.45) is 5.60. The number of nitrogens with zero attached hydrogens (tertiary/aromatic N) is 1. The summed E-state index contributed by atoms with van der Waals surface area (Å²) in [4.78, 5) is 13.5. The van der Waals surface area contributed by atoms with Crippen LogP contribution in [-0.4, -0.2) is 43.5 Å². The van der Waals surface area contributed by atoms with Gasteiger partial charge in [-0.15, -0.1) is 0 Å². The molecule has 0 radical (unpaired) electrons. The van der Waals surface area contributed by atoms with E-state index in [1.165, 1.54) is 12.8 Å². The second kappa shape index (κ2) is 6.96. The molecular weight excluding hydrogens is 190 g/mol. The van der Waals surface area contributed by atoms with Gasteiger partial charge in [-0.25, -0.2) is 0 Å².